The molecular formula is C17H21N3OS2. The Morgan fingerprint density at radius 1 is 1.26 bits per heavy atom. The van der Waals surface area contributed by atoms with E-state index in [0.717, 1.165) is 35.9 Å². The monoisotopic (exact) mass is 347 g/mol. The molecule has 0 N–H and O–H groups in total. The number of carbonyl (C=O) groups is 1. The van der Waals surface area contributed by atoms with E-state index < -0.39 is 0 Å². The molecule has 0 radical (unpaired) electrons. The van der Waals surface area contributed by atoms with Gasteiger partial charge in [0, 0.05) is 42.0 Å². The Morgan fingerprint density at radius 3 is 3.09 bits per heavy atom. The molecule has 0 spiro atoms. The molecule has 2 aliphatic heterocycles. The van der Waals surface area contributed by atoms with Crippen molar-refractivity contribution < 1.29 is 4.79 Å². The number of piperidine rings is 1. The maximum Gasteiger partial charge on any atom is 0.228 e. The molecule has 2 aliphatic rings. The number of hydrogen-bond acceptors (Lipinski definition) is 5. The van der Waals surface area contributed by atoms with Gasteiger partial charge in [-0.1, -0.05) is 6.42 Å². The van der Waals surface area contributed by atoms with Crippen LogP contribution < -0.4 is 0 Å². The number of nitrogens with zero attached hydrogens (tertiary/aromatic N) is 3. The predicted octanol–water partition coefficient (Wildman–Crippen LogP) is 3.11. The first-order valence-electron chi connectivity index (χ1n) is 8.28. The molecule has 6 heteroatoms. The van der Waals surface area contributed by atoms with Crippen LogP contribution in [0.3, 0.4) is 0 Å². The summed E-state index contributed by atoms with van der Waals surface area (Å²) in [6, 6.07) is 2.66. The van der Waals surface area contributed by atoms with E-state index >= 15 is 0 Å². The van der Waals surface area contributed by atoms with Crippen LogP contribution in [-0.2, 0) is 11.2 Å². The van der Waals surface area contributed by atoms with Gasteiger partial charge in [-0.2, -0.15) is 11.3 Å². The smallest absolute Gasteiger partial charge is 0.228 e. The van der Waals surface area contributed by atoms with Crippen LogP contribution in [0.25, 0.3) is 10.6 Å². The van der Waals surface area contributed by atoms with Crippen LogP contribution >= 0.6 is 22.7 Å². The summed E-state index contributed by atoms with van der Waals surface area (Å²) >= 11 is 3.31. The van der Waals surface area contributed by atoms with Gasteiger partial charge in [0.05, 0.1) is 12.1 Å². The van der Waals surface area contributed by atoms with E-state index in [9.17, 15) is 4.79 Å². The number of hydrogen-bond donors (Lipinski definition) is 0. The lowest BCUT2D eigenvalue weighted by molar-refractivity contribution is -0.134. The summed E-state index contributed by atoms with van der Waals surface area (Å²) in [6.07, 6.45) is 4.30. The van der Waals surface area contributed by atoms with E-state index in [1.165, 1.54) is 25.8 Å². The van der Waals surface area contributed by atoms with E-state index in [2.05, 4.69) is 31.6 Å². The van der Waals surface area contributed by atoms with Crippen molar-refractivity contribution in [3.05, 3.63) is 27.9 Å². The summed E-state index contributed by atoms with van der Waals surface area (Å²) in [5.74, 6) is 0.234. The second kappa shape index (κ2) is 6.71. The van der Waals surface area contributed by atoms with Crippen LogP contribution in [-0.4, -0.2) is 52.9 Å². The highest BCUT2D eigenvalue weighted by atomic mass is 32.1. The quantitative estimate of drug-likeness (QED) is 0.856. The first-order valence-corrected chi connectivity index (χ1v) is 10.1. The van der Waals surface area contributed by atoms with Crippen LogP contribution in [0.4, 0.5) is 0 Å². The Kier molecular flexibility index (Phi) is 4.46. The SMILES string of the molecule is O=C(Cc1csc(-c2ccsc2)n1)N1CCN2CCCCC2C1. The zero-order valence-electron chi connectivity index (χ0n) is 13.1. The molecule has 2 aromatic rings. The second-order valence-electron chi connectivity index (χ2n) is 6.36. The number of thiophene rings is 1. The molecule has 4 heterocycles. The second-order valence-corrected chi connectivity index (χ2v) is 8.00. The summed E-state index contributed by atoms with van der Waals surface area (Å²) in [4.78, 5) is 21.9. The van der Waals surface area contributed by atoms with E-state index in [-0.39, 0.29) is 5.91 Å². The summed E-state index contributed by atoms with van der Waals surface area (Å²) < 4.78 is 0. The Labute approximate surface area is 144 Å². The predicted molar refractivity (Wildman–Crippen MR) is 94.9 cm³/mol. The van der Waals surface area contributed by atoms with Gasteiger partial charge in [-0.05, 0) is 30.8 Å². The topological polar surface area (TPSA) is 36.4 Å². The normalized spacial score (nSPS) is 22.1. The van der Waals surface area contributed by atoms with Crippen molar-refractivity contribution in [2.45, 2.75) is 31.7 Å². The number of rotatable bonds is 3. The Morgan fingerprint density at radius 2 is 2.22 bits per heavy atom. The molecule has 2 aromatic heterocycles. The molecule has 1 unspecified atom stereocenters. The first-order chi connectivity index (χ1) is 11.3. The van der Waals surface area contributed by atoms with Crippen molar-refractivity contribution in [1.29, 1.82) is 0 Å². The first kappa shape index (κ1) is 15.3. The highest BCUT2D eigenvalue weighted by Gasteiger charge is 2.31. The fourth-order valence-corrected chi connectivity index (χ4v) is 5.09. The lowest BCUT2D eigenvalue weighted by Gasteiger charge is -2.44. The third kappa shape index (κ3) is 3.34. The lowest BCUT2D eigenvalue weighted by atomic mass is 9.99. The van der Waals surface area contributed by atoms with E-state index in [4.69, 9.17) is 0 Å². The molecule has 23 heavy (non-hydrogen) atoms. The lowest BCUT2D eigenvalue weighted by Crippen LogP contribution is -2.56. The van der Waals surface area contributed by atoms with Gasteiger partial charge >= 0.3 is 0 Å². The molecule has 0 aromatic carbocycles. The molecule has 122 valence electrons. The van der Waals surface area contributed by atoms with Crippen LogP contribution in [0, 0.1) is 0 Å². The van der Waals surface area contributed by atoms with E-state index in [0.29, 0.717) is 12.5 Å². The van der Waals surface area contributed by atoms with Gasteiger partial charge in [-0.3, -0.25) is 9.69 Å². The minimum atomic E-state index is 0.234. The van der Waals surface area contributed by atoms with Crippen molar-refractivity contribution in [2.24, 2.45) is 0 Å². The molecule has 1 amide bonds. The summed E-state index contributed by atoms with van der Waals surface area (Å²) in [5, 5.41) is 7.21. The van der Waals surface area contributed by atoms with Crippen molar-refractivity contribution in [3.63, 3.8) is 0 Å². The maximum atomic E-state index is 12.6. The standard InChI is InChI=1S/C17H21N3OS2/c21-16(20-7-6-19-5-2-1-3-15(19)10-20)9-14-12-23-17(18-14)13-4-8-22-11-13/h4,8,11-12,15H,1-3,5-7,9-10H2. The number of carbonyl (C=O) groups excluding carboxylic acids is 1. The summed E-state index contributed by atoms with van der Waals surface area (Å²) in [7, 11) is 0. The number of thiazole rings is 1. The molecular weight excluding hydrogens is 326 g/mol. The number of amides is 1. The van der Waals surface area contributed by atoms with Gasteiger partial charge < -0.3 is 4.90 Å². The third-order valence-corrected chi connectivity index (χ3v) is 6.47. The van der Waals surface area contributed by atoms with Gasteiger partial charge in [0.1, 0.15) is 5.01 Å². The van der Waals surface area contributed by atoms with Crippen LogP contribution in [0.2, 0.25) is 0 Å². The molecule has 0 saturated carbocycles. The van der Waals surface area contributed by atoms with Crippen molar-refractivity contribution in [2.75, 3.05) is 26.2 Å². The zero-order chi connectivity index (χ0) is 15.6. The summed E-state index contributed by atoms with van der Waals surface area (Å²) in [5.41, 5.74) is 2.07. The molecule has 4 nitrogen and oxygen atoms in total. The summed E-state index contributed by atoms with van der Waals surface area (Å²) in [6.45, 7) is 4.02. The van der Waals surface area contributed by atoms with Crippen LogP contribution in [0.1, 0.15) is 25.0 Å². The highest BCUT2D eigenvalue weighted by molar-refractivity contribution is 7.14. The largest absolute Gasteiger partial charge is 0.340 e. The number of fused-ring (bicyclic) bond motifs is 1. The average molecular weight is 348 g/mol. The fraction of sp³-hybridized carbons (Fsp3) is 0.529. The molecule has 2 saturated heterocycles. The van der Waals surface area contributed by atoms with E-state index in [1.54, 1.807) is 22.7 Å². The van der Waals surface area contributed by atoms with Gasteiger partial charge in [0.25, 0.3) is 0 Å². The maximum absolute atomic E-state index is 12.6. The Hall–Kier alpha value is -1.24. The minimum Gasteiger partial charge on any atom is -0.340 e. The van der Waals surface area contributed by atoms with Gasteiger partial charge in [0.15, 0.2) is 0 Å². The average Bonchev–Trinajstić information content (AvgIpc) is 3.25. The zero-order valence-corrected chi connectivity index (χ0v) is 14.7. The number of piperazine rings is 1. The van der Waals surface area contributed by atoms with Crippen molar-refractivity contribution in [1.82, 2.24) is 14.8 Å². The number of aromatic nitrogens is 1. The Bertz CT molecular complexity index is 667. The van der Waals surface area contributed by atoms with Gasteiger partial charge in [-0.25, -0.2) is 4.98 Å². The minimum absolute atomic E-state index is 0.234. The third-order valence-electron chi connectivity index (χ3n) is 4.84. The molecule has 4 rings (SSSR count). The molecule has 1 atom stereocenters. The Balaban J connectivity index is 1.38. The van der Waals surface area contributed by atoms with Crippen molar-refractivity contribution in [3.8, 4) is 10.6 Å². The van der Waals surface area contributed by atoms with Gasteiger partial charge in [0.2, 0.25) is 5.91 Å². The molecule has 2 fully saturated rings. The fourth-order valence-electron chi connectivity index (χ4n) is 3.56. The molecule has 0 bridgehead atoms. The van der Waals surface area contributed by atoms with Crippen LogP contribution in [0.5, 0.6) is 0 Å². The van der Waals surface area contributed by atoms with Crippen LogP contribution in [0.15, 0.2) is 22.2 Å². The van der Waals surface area contributed by atoms with Gasteiger partial charge in [-0.15, -0.1) is 11.3 Å². The molecule has 0 aliphatic carbocycles. The van der Waals surface area contributed by atoms with Crippen molar-refractivity contribution >= 4 is 28.6 Å². The highest BCUT2D eigenvalue weighted by Crippen LogP contribution is 2.26. The van der Waals surface area contributed by atoms with E-state index in [1.807, 2.05) is 5.38 Å².